The molecule has 0 aliphatic carbocycles. The third kappa shape index (κ3) is 2.48. The predicted octanol–water partition coefficient (Wildman–Crippen LogP) is 1.32. The molecule has 20 heavy (non-hydrogen) atoms. The SMILES string of the molecule is CCN(CC)S(=O)(=O)N1CCc2sccc2C1C(=O)O. The Bertz CT molecular complexity index is 592. The van der Waals surface area contributed by atoms with Crippen molar-refractivity contribution in [2.24, 2.45) is 0 Å². The Morgan fingerprint density at radius 2 is 2.15 bits per heavy atom. The van der Waals surface area contributed by atoms with Crippen LogP contribution in [-0.4, -0.2) is 47.7 Å². The van der Waals surface area contributed by atoms with E-state index in [1.165, 1.54) is 15.6 Å². The Kier molecular flexibility index (Phi) is 4.48. The Hall–Kier alpha value is -0.960. The maximum Gasteiger partial charge on any atom is 0.326 e. The fourth-order valence-electron chi connectivity index (χ4n) is 2.50. The predicted molar refractivity (Wildman–Crippen MR) is 76.9 cm³/mol. The number of carboxylic acids is 1. The molecule has 1 aromatic rings. The van der Waals surface area contributed by atoms with Gasteiger partial charge in [-0.3, -0.25) is 4.79 Å². The minimum absolute atomic E-state index is 0.212. The number of carboxylic acid groups (broad SMARTS) is 1. The van der Waals surface area contributed by atoms with E-state index in [-0.39, 0.29) is 6.54 Å². The standard InChI is InChI=1S/C12H18N2O4S2/c1-3-13(4-2)20(17,18)14-7-5-10-9(6-8-19-10)11(14)12(15)16/h6,8,11H,3-5,7H2,1-2H3,(H,15,16). The lowest BCUT2D eigenvalue weighted by Gasteiger charge is -2.35. The Balaban J connectivity index is 2.44. The average molecular weight is 318 g/mol. The van der Waals surface area contributed by atoms with Gasteiger partial charge in [-0.15, -0.1) is 11.3 Å². The van der Waals surface area contributed by atoms with Crippen molar-refractivity contribution < 1.29 is 18.3 Å². The van der Waals surface area contributed by atoms with Gasteiger partial charge in [-0.1, -0.05) is 13.8 Å². The quantitative estimate of drug-likeness (QED) is 0.888. The van der Waals surface area contributed by atoms with E-state index >= 15 is 0 Å². The third-order valence-corrected chi connectivity index (χ3v) is 6.64. The van der Waals surface area contributed by atoms with E-state index in [9.17, 15) is 18.3 Å². The van der Waals surface area contributed by atoms with Crippen molar-refractivity contribution in [1.82, 2.24) is 8.61 Å². The lowest BCUT2D eigenvalue weighted by molar-refractivity contribution is -0.142. The zero-order valence-electron chi connectivity index (χ0n) is 11.4. The number of hydrogen-bond donors (Lipinski definition) is 1. The van der Waals surface area contributed by atoms with Crippen molar-refractivity contribution in [1.29, 1.82) is 0 Å². The van der Waals surface area contributed by atoms with Crippen LogP contribution >= 0.6 is 11.3 Å². The maximum atomic E-state index is 12.6. The summed E-state index contributed by atoms with van der Waals surface area (Å²) in [6, 6.07) is 0.596. The van der Waals surface area contributed by atoms with Gasteiger partial charge in [-0.05, 0) is 23.4 Å². The van der Waals surface area contributed by atoms with Gasteiger partial charge in [-0.2, -0.15) is 17.0 Å². The lowest BCUT2D eigenvalue weighted by atomic mass is 10.0. The summed E-state index contributed by atoms with van der Waals surface area (Å²) in [5.74, 6) is -1.12. The summed E-state index contributed by atoms with van der Waals surface area (Å²) in [6.07, 6.45) is 0.567. The van der Waals surface area contributed by atoms with Gasteiger partial charge in [0.05, 0.1) is 0 Å². The maximum absolute atomic E-state index is 12.6. The van der Waals surface area contributed by atoms with Gasteiger partial charge in [-0.25, -0.2) is 0 Å². The molecule has 2 rings (SSSR count). The van der Waals surface area contributed by atoms with E-state index in [0.29, 0.717) is 25.1 Å². The summed E-state index contributed by atoms with van der Waals surface area (Å²) in [5.41, 5.74) is 0.601. The molecule has 1 unspecified atom stereocenters. The summed E-state index contributed by atoms with van der Waals surface area (Å²) in [6.45, 7) is 4.37. The van der Waals surface area contributed by atoms with E-state index in [4.69, 9.17) is 0 Å². The van der Waals surface area contributed by atoms with Gasteiger partial charge in [0.15, 0.2) is 0 Å². The van der Waals surface area contributed by atoms with Crippen molar-refractivity contribution in [3.8, 4) is 0 Å². The van der Waals surface area contributed by atoms with Crippen LogP contribution in [-0.2, 0) is 21.4 Å². The van der Waals surface area contributed by atoms with Crippen LogP contribution < -0.4 is 0 Å². The third-order valence-electron chi connectivity index (χ3n) is 3.48. The molecule has 0 fully saturated rings. The van der Waals surface area contributed by atoms with E-state index < -0.39 is 22.2 Å². The van der Waals surface area contributed by atoms with Gasteiger partial charge in [0.2, 0.25) is 0 Å². The normalized spacial score (nSPS) is 20.1. The second-order valence-electron chi connectivity index (χ2n) is 4.49. The molecule has 0 saturated carbocycles. The van der Waals surface area contributed by atoms with Gasteiger partial charge < -0.3 is 5.11 Å². The zero-order valence-corrected chi connectivity index (χ0v) is 13.1. The second-order valence-corrected chi connectivity index (χ2v) is 7.37. The first-order valence-electron chi connectivity index (χ1n) is 6.49. The van der Waals surface area contributed by atoms with Gasteiger partial charge in [0, 0.05) is 24.5 Å². The summed E-state index contributed by atoms with van der Waals surface area (Å²) >= 11 is 1.48. The van der Waals surface area contributed by atoms with E-state index in [2.05, 4.69) is 0 Å². The number of rotatable bonds is 5. The van der Waals surface area contributed by atoms with Gasteiger partial charge in [0.1, 0.15) is 6.04 Å². The van der Waals surface area contributed by atoms with Crippen LogP contribution in [0.2, 0.25) is 0 Å². The molecule has 6 nitrogen and oxygen atoms in total. The van der Waals surface area contributed by atoms with Crippen LogP contribution in [0.1, 0.15) is 30.3 Å². The molecule has 112 valence electrons. The number of thiophene rings is 1. The summed E-state index contributed by atoms with van der Waals surface area (Å²) < 4.78 is 27.6. The van der Waals surface area contributed by atoms with Crippen molar-refractivity contribution in [3.63, 3.8) is 0 Å². The largest absolute Gasteiger partial charge is 0.480 e. The second kappa shape index (κ2) is 5.80. The van der Waals surface area contributed by atoms with Crippen molar-refractivity contribution in [2.75, 3.05) is 19.6 Å². The van der Waals surface area contributed by atoms with Crippen LogP contribution in [0, 0.1) is 0 Å². The smallest absolute Gasteiger partial charge is 0.326 e. The first-order valence-corrected chi connectivity index (χ1v) is 8.77. The summed E-state index contributed by atoms with van der Waals surface area (Å²) in [4.78, 5) is 12.5. The fourth-order valence-corrected chi connectivity index (χ4v) is 5.14. The number of hydrogen-bond acceptors (Lipinski definition) is 4. The minimum atomic E-state index is -3.75. The highest BCUT2D eigenvalue weighted by atomic mass is 32.2. The first kappa shape index (κ1) is 15.4. The number of carbonyl (C=O) groups is 1. The molecule has 1 atom stereocenters. The van der Waals surface area contributed by atoms with Crippen LogP contribution in [0.25, 0.3) is 0 Å². The molecule has 0 spiro atoms. The van der Waals surface area contributed by atoms with Gasteiger partial charge >= 0.3 is 5.97 Å². The van der Waals surface area contributed by atoms with Crippen molar-refractivity contribution in [3.05, 3.63) is 21.9 Å². The summed E-state index contributed by atoms with van der Waals surface area (Å²) in [5, 5.41) is 11.3. The molecule has 1 N–H and O–H groups in total. The van der Waals surface area contributed by atoms with Crippen LogP contribution in [0.5, 0.6) is 0 Å². The fraction of sp³-hybridized carbons (Fsp3) is 0.583. The molecule has 0 amide bonds. The van der Waals surface area contributed by atoms with E-state index in [1.54, 1.807) is 19.9 Å². The molecule has 8 heteroatoms. The topological polar surface area (TPSA) is 77.9 Å². The Labute approximate surface area is 122 Å². The average Bonchev–Trinajstić information content (AvgIpc) is 2.86. The zero-order chi connectivity index (χ0) is 14.9. The van der Waals surface area contributed by atoms with Crippen molar-refractivity contribution >= 4 is 27.5 Å². The first-order chi connectivity index (χ1) is 9.43. The molecule has 1 aliphatic heterocycles. The Morgan fingerprint density at radius 1 is 1.50 bits per heavy atom. The van der Waals surface area contributed by atoms with Crippen molar-refractivity contribution in [2.45, 2.75) is 26.3 Å². The molecule has 2 heterocycles. The van der Waals surface area contributed by atoms with Crippen LogP contribution in [0.4, 0.5) is 0 Å². The monoisotopic (exact) mass is 318 g/mol. The molecule has 1 aromatic heterocycles. The lowest BCUT2D eigenvalue weighted by Crippen LogP contribution is -2.49. The highest BCUT2D eigenvalue weighted by Gasteiger charge is 2.42. The number of fused-ring (bicyclic) bond motifs is 1. The van der Waals surface area contributed by atoms with Crippen LogP contribution in [0.15, 0.2) is 11.4 Å². The molecule has 0 radical (unpaired) electrons. The number of aliphatic carboxylic acids is 1. The van der Waals surface area contributed by atoms with E-state index in [0.717, 1.165) is 9.18 Å². The highest BCUT2D eigenvalue weighted by molar-refractivity contribution is 7.86. The highest BCUT2D eigenvalue weighted by Crippen LogP contribution is 2.35. The van der Waals surface area contributed by atoms with Crippen LogP contribution in [0.3, 0.4) is 0 Å². The molecule has 1 aliphatic rings. The summed E-state index contributed by atoms with van der Waals surface area (Å²) in [7, 11) is -3.75. The minimum Gasteiger partial charge on any atom is -0.480 e. The molecule has 0 aromatic carbocycles. The van der Waals surface area contributed by atoms with Gasteiger partial charge in [0.25, 0.3) is 10.2 Å². The molecule has 0 bridgehead atoms. The number of nitrogens with zero attached hydrogens (tertiary/aromatic N) is 2. The molecular weight excluding hydrogens is 300 g/mol. The Morgan fingerprint density at radius 3 is 2.70 bits per heavy atom. The molecular formula is C12H18N2O4S2. The molecule has 0 saturated heterocycles. The van der Waals surface area contributed by atoms with E-state index in [1.807, 2.05) is 5.38 Å².